The molecule has 34 heavy (non-hydrogen) atoms. The highest BCUT2D eigenvalue weighted by Crippen LogP contribution is 2.28. The quantitative estimate of drug-likeness (QED) is 0.250. The molecule has 2 aliphatic rings. The molecule has 11 nitrogen and oxygen atoms in total. The normalized spacial score (nSPS) is 16.4. The molecule has 0 atom stereocenters. The number of hydrogen-bond acceptors (Lipinski definition) is 7. The van der Waals surface area contributed by atoms with E-state index >= 15 is 0 Å². The van der Waals surface area contributed by atoms with E-state index in [0.29, 0.717) is 30.9 Å². The van der Waals surface area contributed by atoms with Crippen LogP contribution in [0, 0.1) is 15.0 Å². The number of piperazine rings is 1. The Morgan fingerprint density at radius 2 is 1.62 bits per heavy atom. The van der Waals surface area contributed by atoms with Crippen molar-refractivity contribution in [2.24, 2.45) is 0 Å². The van der Waals surface area contributed by atoms with E-state index in [1.165, 1.54) is 11.4 Å². The van der Waals surface area contributed by atoms with Gasteiger partial charge in [-0.1, -0.05) is 36.4 Å². The number of fused-ring (bicyclic) bond motifs is 1. The molecule has 0 unspecified atom stereocenters. The molecule has 1 fully saturated rings. The number of benzene rings is 2. The first-order valence-corrected chi connectivity index (χ1v) is 11.1. The van der Waals surface area contributed by atoms with Gasteiger partial charge in [0, 0.05) is 61.2 Å². The minimum Gasteiger partial charge on any atom is -0.363 e. The highest BCUT2D eigenvalue weighted by atomic mass is 16.6. The zero-order valence-electron chi connectivity index (χ0n) is 18.5. The fraction of sp³-hybridized carbons (Fsp3) is 0.304. The number of nitrogens with zero attached hydrogens (tertiary/aromatic N) is 3. The number of quaternary nitrogens is 1. The third-order valence-corrected chi connectivity index (χ3v) is 6.15. The molecule has 11 heteroatoms. The van der Waals surface area contributed by atoms with Gasteiger partial charge in [0.1, 0.15) is 11.0 Å². The molecule has 0 saturated carbocycles. The summed E-state index contributed by atoms with van der Waals surface area (Å²) >= 11 is 0. The molecular formula is C23H26N6O5+2. The predicted molar refractivity (Wildman–Crippen MR) is 123 cm³/mol. The Balaban J connectivity index is 1.31. The standard InChI is InChI=1S/C23H24N6O5/c30-22-16-6-1-2-7-17(16)23(31)21(25-26-32)20(22)24-10-5-11-27-12-14-28(15-13-27)18-8-3-4-9-19(18)29(33)34/h1-4,6-9,24H,5,10-15H2,(H,25,32)/p+2. The lowest BCUT2D eigenvalue weighted by Gasteiger charge is -2.35. The Hall–Kier alpha value is -3.96. The van der Waals surface area contributed by atoms with Crippen LogP contribution in [-0.4, -0.2) is 60.7 Å². The number of hydrogen-bond donors (Lipinski definition) is 3. The van der Waals surface area contributed by atoms with Gasteiger partial charge >= 0.3 is 0 Å². The molecule has 4 rings (SSSR count). The maximum absolute atomic E-state index is 12.9. The number of anilines is 1. The number of nitroso groups, excluding NO2 is 1. The zero-order chi connectivity index (χ0) is 24.1. The minimum atomic E-state index is -0.393. The van der Waals surface area contributed by atoms with Gasteiger partial charge in [0.15, 0.2) is 0 Å². The maximum atomic E-state index is 12.9. The number of rotatable bonds is 9. The average molecular weight is 466 g/mol. The molecule has 2 aromatic carbocycles. The number of para-hydroxylation sites is 2. The number of carbonyl (C=O) groups is 2. The monoisotopic (exact) mass is 466 g/mol. The highest BCUT2D eigenvalue weighted by Gasteiger charge is 2.36. The Labute approximate surface area is 195 Å². The van der Waals surface area contributed by atoms with Crippen LogP contribution in [0.4, 0.5) is 11.4 Å². The first kappa shape index (κ1) is 23.2. The minimum absolute atomic E-state index is 0.0308. The van der Waals surface area contributed by atoms with E-state index in [1.54, 1.807) is 47.8 Å². The number of ketones is 2. The summed E-state index contributed by atoms with van der Waals surface area (Å²) in [6.07, 6.45) is 0.760. The van der Waals surface area contributed by atoms with Gasteiger partial charge in [-0.25, -0.2) is 0 Å². The second-order valence-corrected chi connectivity index (χ2v) is 8.14. The SMILES string of the molecule is O=[NH+]NC1=C([NH2+]CCCN2CCN(c3ccccc3[N+](=O)[O-])CC2)C(=O)c2ccccc2C1=O. The van der Waals surface area contributed by atoms with E-state index in [9.17, 15) is 24.6 Å². The first-order valence-electron chi connectivity index (χ1n) is 11.1. The van der Waals surface area contributed by atoms with E-state index in [2.05, 4.69) is 10.3 Å². The third-order valence-electron chi connectivity index (χ3n) is 6.15. The molecule has 0 aromatic heterocycles. The van der Waals surface area contributed by atoms with Gasteiger partial charge in [-0.05, 0) is 6.07 Å². The van der Waals surface area contributed by atoms with Crippen LogP contribution in [0.5, 0.6) is 0 Å². The molecular weight excluding hydrogens is 440 g/mol. The van der Waals surface area contributed by atoms with Crippen molar-refractivity contribution in [3.05, 3.63) is 86.1 Å². The summed E-state index contributed by atoms with van der Waals surface area (Å²) in [6.45, 7) is 4.26. The molecule has 1 aliphatic carbocycles. The van der Waals surface area contributed by atoms with Crippen molar-refractivity contribution in [1.82, 2.24) is 10.3 Å². The van der Waals surface area contributed by atoms with Gasteiger partial charge < -0.3 is 10.2 Å². The van der Waals surface area contributed by atoms with Gasteiger partial charge in [0.25, 0.3) is 5.69 Å². The smallest absolute Gasteiger partial charge is 0.292 e. The Morgan fingerprint density at radius 3 is 2.29 bits per heavy atom. The number of nitro benzene ring substituents is 1. The van der Waals surface area contributed by atoms with Gasteiger partial charge in [-0.3, -0.25) is 24.6 Å². The third kappa shape index (κ3) is 4.70. The van der Waals surface area contributed by atoms with Crippen LogP contribution in [0.2, 0.25) is 0 Å². The van der Waals surface area contributed by atoms with Gasteiger partial charge in [-0.15, -0.1) is 5.43 Å². The number of allylic oxidation sites excluding steroid dienone is 2. The number of Topliss-reactive ketones (excluding diaryl/α,β-unsaturated/α-hetero) is 2. The lowest BCUT2D eigenvalue weighted by molar-refractivity contribution is -0.604. The van der Waals surface area contributed by atoms with E-state index in [0.717, 1.165) is 26.1 Å². The number of nitrogens with one attached hydrogen (secondary N) is 2. The molecule has 1 saturated heterocycles. The van der Waals surface area contributed by atoms with Crippen LogP contribution in [-0.2, 0) is 0 Å². The average Bonchev–Trinajstić information content (AvgIpc) is 2.87. The van der Waals surface area contributed by atoms with Gasteiger partial charge in [-0.2, -0.15) is 0 Å². The molecule has 176 valence electrons. The van der Waals surface area contributed by atoms with E-state index in [4.69, 9.17) is 0 Å². The van der Waals surface area contributed by atoms with Crippen LogP contribution in [0.1, 0.15) is 27.1 Å². The Bertz CT molecular complexity index is 1160. The van der Waals surface area contributed by atoms with Crippen molar-refractivity contribution < 1.29 is 25.1 Å². The summed E-state index contributed by atoms with van der Waals surface area (Å²) in [6, 6.07) is 13.3. The maximum Gasteiger partial charge on any atom is 0.292 e. The fourth-order valence-electron chi connectivity index (χ4n) is 4.42. The molecule has 0 amide bonds. The lowest BCUT2D eigenvalue weighted by atomic mass is 9.90. The van der Waals surface area contributed by atoms with Gasteiger partial charge in [0.05, 0.1) is 11.5 Å². The van der Waals surface area contributed by atoms with Crippen LogP contribution < -0.4 is 20.9 Å². The van der Waals surface area contributed by atoms with E-state index in [1.807, 2.05) is 4.90 Å². The molecule has 4 N–H and O–H groups in total. The summed E-state index contributed by atoms with van der Waals surface area (Å²) in [5.74, 6) is -0.679. The highest BCUT2D eigenvalue weighted by molar-refractivity contribution is 6.25. The molecule has 1 aliphatic heterocycles. The zero-order valence-corrected chi connectivity index (χ0v) is 18.5. The summed E-state index contributed by atoms with van der Waals surface area (Å²) in [7, 11) is 0. The van der Waals surface area contributed by atoms with E-state index in [-0.39, 0.29) is 33.4 Å². The number of nitro groups is 1. The van der Waals surface area contributed by atoms with Crippen LogP contribution in [0.3, 0.4) is 0 Å². The number of hydrazine groups is 1. The summed E-state index contributed by atoms with van der Waals surface area (Å²) < 4.78 is 0. The van der Waals surface area contributed by atoms with Crippen molar-refractivity contribution in [3.63, 3.8) is 0 Å². The topological polar surface area (TPSA) is 143 Å². The van der Waals surface area contributed by atoms with Crippen molar-refractivity contribution in [3.8, 4) is 0 Å². The number of carbonyl (C=O) groups excluding carboxylic acids is 2. The summed E-state index contributed by atoms with van der Waals surface area (Å²) in [5.41, 5.74) is 3.82. The molecule has 0 bridgehead atoms. The van der Waals surface area contributed by atoms with Crippen LogP contribution in [0.15, 0.2) is 59.9 Å². The van der Waals surface area contributed by atoms with Crippen molar-refractivity contribution in [2.45, 2.75) is 6.42 Å². The second-order valence-electron chi connectivity index (χ2n) is 8.14. The molecule has 2 aromatic rings. The molecule has 1 heterocycles. The number of nitrogens with two attached hydrogens (primary N) is 1. The molecule has 0 spiro atoms. The van der Waals surface area contributed by atoms with Crippen molar-refractivity contribution >= 4 is 22.9 Å². The first-order chi connectivity index (χ1) is 16.5. The Kier molecular flexibility index (Phi) is 7.04. The van der Waals surface area contributed by atoms with Crippen molar-refractivity contribution in [2.75, 3.05) is 44.2 Å². The molecule has 0 radical (unpaired) electrons. The summed E-state index contributed by atoms with van der Waals surface area (Å²) in [5, 5.41) is 14.5. The van der Waals surface area contributed by atoms with Crippen LogP contribution >= 0.6 is 0 Å². The lowest BCUT2D eigenvalue weighted by Crippen LogP contribution is -2.87. The van der Waals surface area contributed by atoms with E-state index < -0.39 is 5.78 Å². The Morgan fingerprint density at radius 1 is 0.971 bits per heavy atom. The second kappa shape index (κ2) is 10.3. The largest absolute Gasteiger partial charge is 0.363 e. The van der Waals surface area contributed by atoms with Crippen LogP contribution in [0.25, 0.3) is 0 Å². The summed E-state index contributed by atoms with van der Waals surface area (Å²) in [4.78, 5) is 51.8. The predicted octanol–water partition coefficient (Wildman–Crippen LogP) is -0.687. The van der Waals surface area contributed by atoms with Gasteiger partial charge in [0.2, 0.25) is 23.0 Å². The fourth-order valence-corrected chi connectivity index (χ4v) is 4.42. The van der Waals surface area contributed by atoms with Crippen molar-refractivity contribution in [1.29, 1.82) is 0 Å².